The van der Waals surface area contributed by atoms with Crippen LogP contribution in [0, 0.1) is 5.82 Å². The van der Waals surface area contributed by atoms with Gasteiger partial charge in [-0.25, -0.2) is 9.07 Å². The van der Waals surface area contributed by atoms with Crippen molar-refractivity contribution < 1.29 is 36.7 Å². The van der Waals surface area contributed by atoms with E-state index in [4.69, 9.17) is 9.84 Å². The van der Waals surface area contributed by atoms with Gasteiger partial charge in [-0.15, -0.1) is 0 Å². The third-order valence-electron chi connectivity index (χ3n) is 8.77. The van der Waals surface area contributed by atoms with E-state index in [0.29, 0.717) is 56.1 Å². The van der Waals surface area contributed by atoms with Gasteiger partial charge in [0.1, 0.15) is 17.7 Å². The first-order valence-electron chi connectivity index (χ1n) is 15.1. The van der Waals surface area contributed by atoms with E-state index >= 15 is 0 Å². The van der Waals surface area contributed by atoms with Gasteiger partial charge in [-0.2, -0.15) is 18.3 Å². The number of amides is 3. The molecule has 0 aliphatic carbocycles. The average molecular weight is 628 g/mol. The molecule has 0 bridgehead atoms. The van der Waals surface area contributed by atoms with Crippen molar-refractivity contribution in [1.82, 2.24) is 20.0 Å². The summed E-state index contributed by atoms with van der Waals surface area (Å²) in [6.07, 6.45) is -1.79. The first kappa shape index (κ1) is 30.8. The van der Waals surface area contributed by atoms with Crippen LogP contribution in [-0.2, 0) is 15.7 Å². The zero-order chi connectivity index (χ0) is 31.9. The van der Waals surface area contributed by atoms with Crippen LogP contribution < -0.4 is 10.2 Å². The molecule has 2 atom stereocenters. The van der Waals surface area contributed by atoms with Crippen LogP contribution in [0.3, 0.4) is 0 Å². The van der Waals surface area contributed by atoms with Crippen molar-refractivity contribution in [3.05, 3.63) is 82.3 Å². The summed E-state index contributed by atoms with van der Waals surface area (Å²) in [6, 6.07) is 7.86. The molecule has 1 aromatic heterocycles. The van der Waals surface area contributed by atoms with Gasteiger partial charge in [0.05, 0.1) is 11.6 Å². The first-order valence-corrected chi connectivity index (χ1v) is 15.1. The molecule has 2 aromatic carbocycles. The van der Waals surface area contributed by atoms with Crippen LogP contribution in [0.2, 0.25) is 0 Å². The number of alkyl halides is 3. The predicted molar refractivity (Wildman–Crippen MR) is 155 cm³/mol. The van der Waals surface area contributed by atoms with Gasteiger partial charge >= 0.3 is 6.18 Å². The lowest BCUT2D eigenvalue weighted by molar-refractivity contribution is -0.137. The number of anilines is 1. The molecule has 6 rings (SSSR count). The van der Waals surface area contributed by atoms with Gasteiger partial charge in [-0.3, -0.25) is 19.3 Å². The fraction of sp³-hybridized carbons (Fsp3) is 0.438. The molecule has 3 aliphatic rings. The van der Waals surface area contributed by atoms with E-state index in [1.165, 1.54) is 35.2 Å². The number of nitrogens with one attached hydrogen (secondary N) is 1. The number of hydrogen-bond donors (Lipinski definition) is 1. The summed E-state index contributed by atoms with van der Waals surface area (Å²) >= 11 is 0. The Morgan fingerprint density at radius 1 is 1.04 bits per heavy atom. The lowest BCUT2D eigenvalue weighted by atomic mass is 9.80. The van der Waals surface area contributed by atoms with Gasteiger partial charge in [0, 0.05) is 49.9 Å². The number of rotatable bonds is 6. The molecule has 2 unspecified atom stereocenters. The summed E-state index contributed by atoms with van der Waals surface area (Å²) in [4.78, 5) is 45.1. The Labute approximate surface area is 257 Å². The summed E-state index contributed by atoms with van der Waals surface area (Å²) in [5, 5.41) is 7.54. The SMILES string of the molecule is CCN1C(=O)C(NC(=O)c2cccc(C(F)(F)F)c2)C(c2ccc(F)cc2)c2c(C(=O)N3CCCC3)nn(C3CCOCC3)c21. The second-order valence-electron chi connectivity index (χ2n) is 11.5. The van der Waals surface area contributed by atoms with E-state index in [2.05, 4.69) is 5.32 Å². The van der Waals surface area contributed by atoms with E-state index in [0.717, 1.165) is 31.0 Å². The third kappa shape index (κ3) is 5.81. The number of benzene rings is 2. The first-order chi connectivity index (χ1) is 21.6. The number of nitrogens with zero attached hydrogens (tertiary/aromatic N) is 4. The monoisotopic (exact) mass is 627 g/mol. The average Bonchev–Trinajstić information content (AvgIpc) is 3.71. The molecule has 0 saturated carbocycles. The van der Waals surface area contributed by atoms with Crippen LogP contribution in [0.1, 0.15) is 82.1 Å². The fourth-order valence-corrected chi connectivity index (χ4v) is 6.53. The zero-order valence-electron chi connectivity index (χ0n) is 24.6. The Bertz CT molecular complexity index is 1590. The van der Waals surface area contributed by atoms with Crippen molar-refractivity contribution in [3.8, 4) is 0 Å². The van der Waals surface area contributed by atoms with E-state index in [1.807, 2.05) is 0 Å². The number of hydrogen-bond acceptors (Lipinski definition) is 5. The quantitative estimate of drug-likeness (QED) is 0.392. The summed E-state index contributed by atoms with van der Waals surface area (Å²) in [5.74, 6) is -2.80. The van der Waals surface area contributed by atoms with Crippen molar-refractivity contribution in [2.75, 3.05) is 37.7 Å². The van der Waals surface area contributed by atoms with Gasteiger partial charge in [0.25, 0.3) is 17.7 Å². The Morgan fingerprint density at radius 3 is 2.38 bits per heavy atom. The maximum atomic E-state index is 14.3. The van der Waals surface area contributed by atoms with Crippen molar-refractivity contribution in [3.63, 3.8) is 0 Å². The standard InChI is InChI=1S/C32H33F4N5O4/c1-2-40-29-25(27(30(43)39-14-3-4-15-39)38-41(29)23-12-16-45-17-13-23)24(19-8-10-22(33)11-9-19)26(31(40)44)37-28(42)20-6-5-7-21(18-20)32(34,35)36/h5-11,18,23-24,26H,2-4,12-17H2,1H3,(H,37,42). The van der Waals surface area contributed by atoms with E-state index in [-0.39, 0.29) is 29.8 Å². The largest absolute Gasteiger partial charge is 0.416 e. The highest BCUT2D eigenvalue weighted by atomic mass is 19.4. The van der Waals surface area contributed by atoms with Crippen LogP contribution in [-0.4, -0.2) is 71.3 Å². The van der Waals surface area contributed by atoms with Gasteiger partial charge < -0.3 is 15.0 Å². The minimum atomic E-state index is -4.68. The predicted octanol–water partition coefficient (Wildman–Crippen LogP) is 4.93. The van der Waals surface area contributed by atoms with Gasteiger partial charge in [-0.1, -0.05) is 18.2 Å². The third-order valence-corrected chi connectivity index (χ3v) is 8.77. The Balaban J connectivity index is 1.52. The molecule has 3 aliphatic heterocycles. The summed E-state index contributed by atoms with van der Waals surface area (Å²) in [7, 11) is 0. The zero-order valence-corrected chi connectivity index (χ0v) is 24.6. The normalized spacial score (nSPS) is 20.8. The minimum absolute atomic E-state index is 0.136. The number of aromatic nitrogens is 2. The Hall–Kier alpha value is -4.26. The van der Waals surface area contributed by atoms with Crippen molar-refractivity contribution in [2.24, 2.45) is 0 Å². The van der Waals surface area contributed by atoms with E-state index < -0.39 is 41.3 Å². The van der Waals surface area contributed by atoms with Crippen molar-refractivity contribution in [2.45, 2.75) is 56.8 Å². The maximum absolute atomic E-state index is 14.3. The molecule has 0 radical (unpaired) electrons. The molecule has 9 nitrogen and oxygen atoms in total. The molecule has 3 amide bonds. The maximum Gasteiger partial charge on any atom is 0.416 e. The number of likely N-dealkylation sites (N-methyl/N-ethyl adjacent to an activating group) is 1. The molecule has 45 heavy (non-hydrogen) atoms. The van der Waals surface area contributed by atoms with E-state index in [1.54, 1.807) is 16.5 Å². The van der Waals surface area contributed by atoms with Crippen LogP contribution in [0.5, 0.6) is 0 Å². The van der Waals surface area contributed by atoms with Gasteiger partial charge in [0.2, 0.25) is 0 Å². The summed E-state index contributed by atoms with van der Waals surface area (Å²) in [6.45, 7) is 3.98. The minimum Gasteiger partial charge on any atom is -0.381 e. The highest BCUT2D eigenvalue weighted by Crippen LogP contribution is 2.45. The lowest BCUT2D eigenvalue weighted by Crippen LogP contribution is -2.56. The molecular weight excluding hydrogens is 594 g/mol. The molecule has 13 heteroatoms. The number of carbonyl (C=O) groups is 3. The molecule has 0 spiro atoms. The molecule has 238 valence electrons. The van der Waals surface area contributed by atoms with Gasteiger partial charge in [-0.05, 0) is 68.5 Å². The summed E-state index contributed by atoms with van der Waals surface area (Å²) in [5.41, 5.74) is -0.291. The number of fused-ring (bicyclic) bond motifs is 1. The van der Waals surface area contributed by atoms with Crippen LogP contribution >= 0.6 is 0 Å². The molecule has 2 fully saturated rings. The Morgan fingerprint density at radius 2 is 1.73 bits per heavy atom. The smallest absolute Gasteiger partial charge is 0.381 e. The molecule has 1 N–H and O–H groups in total. The fourth-order valence-electron chi connectivity index (χ4n) is 6.53. The number of carbonyl (C=O) groups excluding carboxylic acids is 3. The highest BCUT2D eigenvalue weighted by molar-refractivity contribution is 6.07. The Kier molecular flexibility index (Phi) is 8.38. The van der Waals surface area contributed by atoms with Crippen LogP contribution in [0.4, 0.5) is 23.4 Å². The lowest BCUT2D eigenvalue weighted by Gasteiger charge is -2.39. The van der Waals surface area contributed by atoms with Crippen molar-refractivity contribution >= 4 is 23.5 Å². The van der Waals surface area contributed by atoms with Crippen LogP contribution in [0.25, 0.3) is 0 Å². The van der Waals surface area contributed by atoms with Crippen molar-refractivity contribution in [1.29, 1.82) is 0 Å². The molecular formula is C32H33F4N5O4. The topological polar surface area (TPSA) is 96.8 Å². The van der Waals surface area contributed by atoms with Crippen LogP contribution in [0.15, 0.2) is 48.5 Å². The summed E-state index contributed by atoms with van der Waals surface area (Å²) < 4.78 is 61.8. The second-order valence-corrected chi connectivity index (χ2v) is 11.5. The van der Waals surface area contributed by atoms with E-state index in [9.17, 15) is 31.9 Å². The highest BCUT2D eigenvalue weighted by Gasteiger charge is 2.48. The number of halogens is 4. The molecule has 4 heterocycles. The molecule has 2 saturated heterocycles. The number of likely N-dealkylation sites (tertiary alicyclic amines) is 1. The van der Waals surface area contributed by atoms with Gasteiger partial charge in [0.15, 0.2) is 5.69 Å². The molecule has 3 aromatic rings. The second kappa shape index (κ2) is 12.3. The number of ether oxygens (including phenoxy) is 1.